The van der Waals surface area contributed by atoms with Crippen molar-refractivity contribution in [3.63, 3.8) is 0 Å². The summed E-state index contributed by atoms with van der Waals surface area (Å²) in [6.45, 7) is 1.59. The van der Waals surface area contributed by atoms with E-state index in [4.69, 9.17) is 0 Å². The van der Waals surface area contributed by atoms with Crippen molar-refractivity contribution in [1.29, 1.82) is 0 Å². The lowest BCUT2D eigenvalue weighted by Crippen LogP contribution is -2.71. The van der Waals surface area contributed by atoms with Gasteiger partial charge in [-0.15, -0.1) is 0 Å². The van der Waals surface area contributed by atoms with Crippen molar-refractivity contribution < 1.29 is 89.3 Å². The van der Waals surface area contributed by atoms with Gasteiger partial charge in [0.25, 0.3) is 0 Å². The summed E-state index contributed by atoms with van der Waals surface area (Å²) in [5.74, 6) is -45.6. The third-order valence-electron chi connectivity index (χ3n) is 3.77. The molecule has 1 unspecified atom stereocenters. The van der Waals surface area contributed by atoms with Crippen molar-refractivity contribution >= 4 is 11.9 Å². The first-order valence-electron chi connectivity index (χ1n) is 8.23. The molecule has 4 nitrogen and oxygen atoms in total. The number of ether oxygens (including phenoxy) is 2. The molecular weight excluding hydrogens is 548 g/mol. The van der Waals surface area contributed by atoms with Crippen LogP contribution in [0.3, 0.4) is 0 Å². The van der Waals surface area contributed by atoms with Gasteiger partial charge in [-0.05, 0) is 0 Å². The van der Waals surface area contributed by atoms with Gasteiger partial charge in [0.2, 0.25) is 0 Å². The number of alkyl halides is 16. The Labute approximate surface area is 182 Å². The van der Waals surface area contributed by atoms with Gasteiger partial charge in [-0.3, -0.25) is 0 Å². The highest BCUT2D eigenvalue weighted by atomic mass is 19.4. The molecular formula is C15H10F16O4. The molecule has 0 fully saturated rings. The standard InChI is InChI=1S/C15H10F16O4/c1-2-7(32)34-4-3-6(5-9(16,17)18)35-8(33)10(19,20)11(21,22)12(23,24)13(25,26)14(27,28)15(29,30)31/h2,6H,1,3-5H2. The van der Waals surface area contributed by atoms with E-state index in [1.165, 1.54) is 0 Å². The van der Waals surface area contributed by atoms with Gasteiger partial charge in [-0.25, -0.2) is 9.59 Å². The summed E-state index contributed by atoms with van der Waals surface area (Å²) in [5.41, 5.74) is 0. The molecule has 0 aliphatic heterocycles. The molecule has 0 aromatic heterocycles. The van der Waals surface area contributed by atoms with Crippen LogP contribution < -0.4 is 0 Å². The van der Waals surface area contributed by atoms with Crippen LogP contribution >= 0.6 is 0 Å². The van der Waals surface area contributed by atoms with Gasteiger partial charge < -0.3 is 9.47 Å². The molecule has 0 aliphatic rings. The van der Waals surface area contributed by atoms with Crippen molar-refractivity contribution in [2.45, 2.75) is 60.9 Å². The minimum Gasteiger partial charge on any atom is -0.462 e. The van der Waals surface area contributed by atoms with Gasteiger partial charge in [0.1, 0.15) is 6.10 Å². The second-order valence-electron chi connectivity index (χ2n) is 6.38. The fourth-order valence-electron chi connectivity index (χ4n) is 1.93. The molecule has 1 atom stereocenters. The SMILES string of the molecule is C=CC(=O)OCCC(CC(F)(F)F)OC(=O)C(F)(F)C(F)(F)C(F)(F)C(F)(F)C(F)(F)C(F)(F)F. The fraction of sp³-hybridized carbons (Fsp3) is 0.733. The third-order valence-corrected chi connectivity index (χ3v) is 3.77. The predicted octanol–water partition coefficient (Wildman–Crippen LogP) is 5.71. The zero-order valence-electron chi connectivity index (χ0n) is 16.2. The number of esters is 2. The molecule has 0 radical (unpaired) electrons. The van der Waals surface area contributed by atoms with Gasteiger partial charge in [-0.1, -0.05) is 6.58 Å². The number of carbonyl (C=O) groups is 2. The molecule has 35 heavy (non-hydrogen) atoms. The van der Waals surface area contributed by atoms with Crippen LogP contribution in [0.2, 0.25) is 0 Å². The van der Waals surface area contributed by atoms with Gasteiger partial charge in [0.15, 0.2) is 0 Å². The lowest BCUT2D eigenvalue weighted by molar-refractivity contribution is -0.437. The van der Waals surface area contributed by atoms with E-state index in [1.54, 1.807) is 0 Å². The Balaban J connectivity index is 6.13. The first kappa shape index (κ1) is 32.6. The first-order valence-corrected chi connectivity index (χ1v) is 8.23. The van der Waals surface area contributed by atoms with E-state index in [1.807, 2.05) is 0 Å². The van der Waals surface area contributed by atoms with Crippen molar-refractivity contribution in [2.75, 3.05) is 6.61 Å². The minimum absolute atomic E-state index is 0.415. The largest absolute Gasteiger partial charge is 0.462 e. The number of carbonyl (C=O) groups excluding carboxylic acids is 2. The number of hydrogen-bond donors (Lipinski definition) is 0. The van der Waals surface area contributed by atoms with Gasteiger partial charge in [0, 0.05) is 12.5 Å². The summed E-state index contributed by atoms with van der Waals surface area (Å²) in [6.07, 6.45) is -19.7. The molecule has 0 saturated carbocycles. The van der Waals surface area contributed by atoms with E-state index in [9.17, 15) is 79.8 Å². The molecule has 20 heteroatoms. The molecule has 206 valence electrons. The topological polar surface area (TPSA) is 52.6 Å². The van der Waals surface area contributed by atoms with Crippen LogP contribution in [0.4, 0.5) is 70.2 Å². The zero-order valence-corrected chi connectivity index (χ0v) is 16.2. The lowest BCUT2D eigenvalue weighted by atomic mass is 9.94. The third kappa shape index (κ3) is 6.42. The molecule has 0 heterocycles. The summed E-state index contributed by atoms with van der Waals surface area (Å²) >= 11 is 0. The molecule has 0 saturated heterocycles. The van der Waals surface area contributed by atoms with Crippen molar-refractivity contribution in [3.8, 4) is 0 Å². The highest BCUT2D eigenvalue weighted by Gasteiger charge is 2.92. The Bertz CT molecular complexity index is 783. The van der Waals surface area contributed by atoms with Crippen LogP contribution in [-0.2, 0) is 19.1 Å². The Morgan fingerprint density at radius 3 is 1.51 bits per heavy atom. The van der Waals surface area contributed by atoms with Crippen LogP contribution in [0.5, 0.6) is 0 Å². The molecule has 0 aromatic rings. The molecule has 0 N–H and O–H groups in total. The summed E-state index contributed by atoms with van der Waals surface area (Å²) in [7, 11) is 0. The average Bonchev–Trinajstić information content (AvgIpc) is 2.64. The monoisotopic (exact) mass is 558 g/mol. The van der Waals surface area contributed by atoms with Gasteiger partial charge in [0.05, 0.1) is 13.0 Å². The van der Waals surface area contributed by atoms with Crippen molar-refractivity contribution in [2.24, 2.45) is 0 Å². The highest BCUT2D eigenvalue weighted by Crippen LogP contribution is 2.60. The minimum atomic E-state index is -8.33. The van der Waals surface area contributed by atoms with E-state index in [0.29, 0.717) is 6.08 Å². The Morgan fingerprint density at radius 1 is 0.714 bits per heavy atom. The van der Waals surface area contributed by atoms with Crippen molar-refractivity contribution in [1.82, 2.24) is 0 Å². The van der Waals surface area contributed by atoms with Gasteiger partial charge in [-0.2, -0.15) is 70.2 Å². The highest BCUT2D eigenvalue weighted by molar-refractivity contribution is 5.81. The van der Waals surface area contributed by atoms with Crippen molar-refractivity contribution in [3.05, 3.63) is 12.7 Å². The van der Waals surface area contributed by atoms with Crippen LogP contribution in [0.1, 0.15) is 12.8 Å². The van der Waals surface area contributed by atoms with E-state index in [0.717, 1.165) is 0 Å². The Morgan fingerprint density at radius 2 is 1.14 bits per heavy atom. The number of halogens is 16. The molecule has 0 rings (SSSR count). The van der Waals surface area contributed by atoms with E-state index in [-0.39, 0.29) is 0 Å². The Kier molecular flexibility index (Phi) is 9.21. The maximum atomic E-state index is 13.7. The molecule has 0 spiro atoms. The molecule has 0 aromatic carbocycles. The lowest BCUT2D eigenvalue weighted by Gasteiger charge is -2.39. The summed E-state index contributed by atoms with van der Waals surface area (Å²) in [5, 5.41) is 0. The maximum absolute atomic E-state index is 13.7. The summed E-state index contributed by atoms with van der Waals surface area (Å²) in [6, 6.07) is 0. The second-order valence-corrected chi connectivity index (χ2v) is 6.38. The first-order chi connectivity index (χ1) is 15.2. The van der Waals surface area contributed by atoms with Crippen LogP contribution in [-0.4, -0.2) is 66.6 Å². The zero-order chi connectivity index (χ0) is 28.5. The molecule has 0 bridgehead atoms. The number of hydrogen-bond acceptors (Lipinski definition) is 4. The quantitative estimate of drug-likeness (QED) is 0.185. The van der Waals surface area contributed by atoms with E-state index < -0.39 is 79.5 Å². The summed E-state index contributed by atoms with van der Waals surface area (Å²) in [4.78, 5) is 22.0. The van der Waals surface area contributed by atoms with Gasteiger partial charge >= 0.3 is 53.9 Å². The molecule has 0 amide bonds. The normalized spacial score (nSPS) is 15.4. The smallest absolute Gasteiger partial charge is 0.460 e. The second kappa shape index (κ2) is 9.90. The van der Waals surface area contributed by atoms with Crippen LogP contribution in [0, 0.1) is 0 Å². The maximum Gasteiger partial charge on any atom is 0.460 e. The molecule has 0 aliphatic carbocycles. The van der Waals surface area contributed by atoms with Crippen LogP contribution in [0.25, 0.3) is 0 Å². The fourth-order valence-corrected chi connectivity index (χ4v) is 1.93. The van der Waals surface area contributed by atoms with Crippen LogP contribution in [0.15, 0.2) is 12.7 Å². The number of rotatable bonds is 11. The summed E-state index contributed by atoms with van der Waals surface area (Å²) < 4.78 is 214. The Hall–Kier alpha value is -2.44. The predicted molar refractivity (Wildman–Crippen MR) is 77.1 cm³/mol. The average molecular weight is 558 g/mol. The van der Waals surface area contributed by atoms with E-state index >= 15 is 0 Å². The van der Waals surface area contributed by atoms with E-state index in [2.05, 4.69) is 16.1 Å².